The zero-order valence-electron chi connectivity index (χ0n) is 16.9. The Morgan fingerprint density at radius 1 is 1.31 bits per heavy atom. The minimum absolute atomic E-state index is 0. The molecule has 148 valence electrons. The van der Waals surface area contributed by atoms with Crippen LogP contribution in [0.2, 0.25) is 0 Å². The number of rotatable bonds is 7. The summed E-state index contributed by atoms with van der Waals surface area (Å²) >= 11 is 0. The summed E-state index contributed by atoms with van der Waals surface area (Å²) in [6.45, 7) is 15.1. The van der Waals surface area contributed by atoms with Crippen LogP contribution in [0.5, 0.6) is 0 Å². The number of hydrogen-bond acceptors (Lipinski definition) is 2. The first-order valence-electron chi connectivity index (χ1n) is 9.93. The molecule has 0 radical (unpaired) electrons. The van der Waals surface area contributed by atoms with Crippen molar-refractivity contribution >= 4 is 29.9 Å². The van der Waals surface area contributed by atoms with Crippen LogP contribution in [0, 0.1) is 12.8 Å². The number of benzene rings is 1. The summed E-state index contributed by atoms with van der Waals surface area (Å²) in [5.74, 6) is 2.11. The lowest BCUT2D eigenvalue weighted by Gasteiger charge is -2.32. The Labute approximate surface area is 177 Å². The Morgan fingerprint density at radius 3 is 2.81 bits per heavy atom. The van der Waals surface area contributed by atoms with Crippen LogP contribution in [0.3, 0.4) is 0 Å². The Bertz CT molecular complexity index is 547. The smallest absolute Gasteiger partial charge is 0.191 e. The quantitative estimate of drug-likeness (QED) is 0.358. The lowest BCUT2D eigenvalue weighted by molar-refractivity contribution is 0.183. The van der Waals surface area contributed by atoms with E-state index in [1.54, 1.807) is 0 Å². The van der Waals surface area contributed by atoms with Crippen LogP contribution in [0.15, 0.2) is 29.3 Å². The predicted octanol–water partition coefficient (Wildman–Crippen LogP) is 4.00. The fourth-order valence-electron chi connectivity index (χ4n) is 3.50. The van der Waals surface area contributed by atoms with E-state index in [-0.39, 0.29) is 24.0 Å². The molecule has 4 nitrogen and oxygen atoms in total. The number of aryl methyl sites for hydroxylation is 1. The Kier molecular flexibility index (Phi) is 11.2. The summed E-state index contributed by atoms with van der Waals surface area (Å²) in [5, 5.41) is 6.96. The van der Waals surface area contributed by atoms with Crippen molar-refractivity contribution in [1.82, 2.24) is 15.5 Å². The van der Waals surface area contributed by atoms with Gasteiger partial charge in [0.15, 0.2) is 5.96 Å². The minimum Gasteiger partial charge on any atom is -0.357 e. The van der Waals surface area contributed by atoms with Crippen molar-refractivity contribution in [3.05, 3.63) is 35.4 Å². The van der Waals surface area contributed by atoms with Gasteiger partial charge in [-0.15, -0.1) is 24.0 Å². The van der Waals surface area contributed by atoms with Gasteiger partial charge in [0.1, 0.15) is 0 Å². The van der Waals surface area contributed by atoms with Crippen LogP contribution >= 0.6 is 24.0 Å². The van der Waals surface area contributed by atoms with Crippen LogP contribution in [-0.2, 0) is 0 Å². The molecule has 0 amide bonds. The fraction of sp³-hybridized carbons (Fsp3) is 0.667. The summed E-state index contributed by atoms with van der Waals surface area (Å²) in [6, 6.07) is 8.75. The van der Waals surface area contributed by atoms with Crippen molar-refractivity contribution in [2.75, 3.05) is 39.3 Å². The van der Waals surface area contributed by atoms with Gasteiger partial charge >= 0.3 is 0 Å². The number of nitrogens with zero attached hydrogens (tertiary/aromatic N) is 2. The predicted molar refractivity (Wildman–Crippen MR) is 124 cm³/mol. The Morgan fingerprint density at radius 2 is 2.12 bits per heavy atom. The second-order valence-electron chi connectivity index (χ2n) is 7.32. The molecule has 1 aromatic rings. The average Bonchev–Trinajstić information content (AvgIpc) is 2.64. The van der Waals surface area contributed by atoms with Crippen molar-refractivity contribution in [3.8, 4) is 0 Å². The topological polar surface area (TPSA) is 39.7 Å². The lowest BCUT2D eigenvalue weighted by atomic mass is 9.98. The maximum atomic E-state index is 4.82. The number of guanidine groups is 1. The molecule has 1 aliphatic rings. The van der Waals surface area contributed by atoms with Crippen LogP contribution in [0.1, 0.15) is 50.7 Å². The third kappa shape index (κ3) is 7.82. The summed E-state index contributed by atoms with van der Waals surface area (Å²) in [7, 11) is 0. The molecule has 1 saturated heterocycles. The monoisotopic (exact) mass is 472 g/mol. The first kappa shape index (κ1) is 23.2. The summed E-state index contributed by atoms with van der Waals surface area (Å²) in [6.07, 6.45) is 2.64. The number of nitrogens with one attached hydrogen (secondary N) is 2. The van der Waals surface area contributed by atoms with E-state index >= 15 is 0 Å². The largest absolute Gasteiger partial charge is 0.357 e. The van der Waals surface area contributed by atoms with Crippen LogP contribution in [0.25, 0.3) is 0 Å². The molecule has 0 aliphatic carbocycles. The van der Waals surface area contributed by atoms with E-state index < -0.39 is 0 Å². The molecule has 2 unspecified atom stereocenters. The third-order valence-electron chi connectivity index (χ3n) is 5.09. The Hall–Kier alpha value is -0.820. The SMILES string of the molecule is CCNC(=NCC(C)c1cccc(C)c1)NCC1CCCN(CC)C1.I. The molecule has 1 aromatic carbocycles. The van der Waals surface area contributed by atoms with E-state index in [0.717, 1.165) is 31.5 Å². The van der Waals surface area contributed by atoms with Crippen LogP contribution in [0.4, 0.5) is 0 Å². The zero-order chi connectivity index (χ0) is 18.1. The first-order chi connectivity index (χ1) is 12.1. The van der Waals surface area contributed by atoms with Gasteiger partial charge in [-0.2, -0.15) is 0 Å². The van der Waals surface area contributed by atoms with Gasteiger partial charge < -0.3 is 15.5 Å². The van der Waals surface area contributed by atoms with Gasteiger partial charge in [0.25, 0.3) is 0 Å². The molecule has 1 fully saturated rings. The molecule has 0 bridgehead atoms. The van der Waals surface area contributed by atoms with Crippen molar-refractivity contribution < 1.29 is 0 Å². The van der Waals surface area contributed by atoms with Crippen LogP contribution < -0.4 is 10.6 Å². The van der Waals surface area contributed by atoms with Crippen molar-refractivity contribution in [3.63, 3.8) is 0 Å². The second kappa shape index (κ2) is 12.5. The van der Waals surface area contributed by atoms with Gasteiger partial charge in [-0.25, -0.2) is 0 Å². The van der Waals surface area contributed by atoms with Gasteiger partial charge in [0.05, 0.1) is 0 Å². The number of aliphatic imine (C=N–C) groups is 1. The highest BCUT2D eigenvalue weighted by molar-refractivity contribution is 14.0. The number of hydrogen-bond donors (Lipinski definition) is 2. The standard InChI is InChI=1S/C21H36N4.HI/c1-5-22-21(24-15-19-10-8-12-25(6-2)16-19)23-14-18(4)20-11-7-9-17(3)13-20;/h7,9,11,13,18-19H,5-6,8,10,12,14-16H2,1-4H3,(H2,22,23,24);1H. The highest BCUT2D eigenvalue weighted by atomic mass is 127. The zero-order valence-corrected chi connectivity index (χ0v) is 19.3. The van der Waals surface area contributed by atoms with Gasteiger partial charge in [-0.1, -0.05) is 43.7 Å². The summed E-state index contributed by atoms with van der Waals surface area (Å²) in [5.41, 5.74) is 2.68. The van der Waals surface area contributed by atoms with E-state index in [0.29, 0.717) is 5.92 Å². The second-order valence-corrected chi connectivity index (χ2v) is 7.32. The molecule has 1 aliphatic heterocycles. The molecule has 0 aromatic heterocycles. The fourth-order valence-corrected chi connectivity index (χ4v) is 3.50. The van der Waals surface area contributed by atoms with E-state index in [1.165, 1.54) is 43.6 Å². The lowest BCUT2D eigenvalue weighted by Crippen LogP contribution is -2.44. The molecule has 0 saturated carbocycles. The number of halogens is 1. The normalized spacial score (nSPS) is 19.5. The first-order valence-corrected chi connectivity index (χ1v) is 9.93. The highest BCUT2D eigenvalue weighted by Crippen LogP contribution is 2.17. The van der Waals surface area contributed by atoms with E-state index in [9.17, 15) is 0 Å². The minimum atomic E-state index is 0. The van der Waals surface area contributed by atoms with Crippen molar-refractivity contribution in [2.45, 2.75) is 46.5 Å². The highest BCUT2D eigenvalue weighted by Gasteiger charge is 2.18. The molecule has 0 spiro atoms. The third-order valence-corrected chi connectivity index (χ3v) is 5.09. The van der Waals surface area contributed by atoms with E-state index in [4.69, 9.17) is 4.99 Å². The molecule has 2 N–H and O–H groups in total. The maximum Gasteiger partial charge on any atom is 0.191 e. The molecule has 2 atom stereocenters. The molecule has 2 rings (SSSR count). The van der Waals surface area contributed by atoms with Crippen molar-refractivity contribution in [1.29, 1.82) is 0 Å². The summed E-state index contributed by atoms with van der Waals surface area (Å²) in [4.78, 5) is 7.38. The maximum absolute atomic E-state index is 4.82. The number of piperidine rings is 1. The van der Waals surface area contributed by atoms with Gasteiger partial charge in [-0.3, -0.25) is 4.99 Å². The van der Waals surface area contributed by atoms with E-state index in [1.807, 2.05) is 0 Å². The van der Waals surface area contributed by atoms with Gasteiger partial charge in [-0.05, 0) is 51.3 Å². The molecule has 1 heterocycles. The molecule has 26 heavy (non-hydrogen) atoms. The van der Waals surface area contributed by atoms with Gasteiger partial charge in [0.2, 0.25) is 0 Å². The average molecular weight is 472 g/mol. The molecular formula is C21H37IN4. The van der Waals surface area contributed by atoms with E-state index in [2.05, 4.69) is 67.5 Å². The number of likely N-dealkylation sites (tertiary alicyclic amines) is 1. The summed E-state index contributed by atoms with van der Waals surface area (Å²) < 4.78 is 0. The molecular weight excluding hydrogens is 435 g/mol. The van der Waals surface area contributed by atoms with Crippen molar-refractivity contribution in [2.24, 2.45) is 10.9 Å². The van der Waals surface area contributed by atoms with Gasteiger partial charge in [0, 0.05) is 32.1 Å². The van der Waals surface area contributed by atoms with Crippen LogP contribution in [-0.4, -0.2) is 50.1 Å². The Balaban J connectivity index is 0.00000338. The molecule has 5 heteroatoms.